The van der Waals surface area contributed by atoms with E-state index in [4.69, 9.17) is 8.83 Å². The molecule has 0 aliphatic heterocycles. The third-order valence-corrected chi connectivity index (χ3v) is 16.5. The standard InChI is InChI=1S/C66H56N2O2/c1-41-17-9-11-29-55(41)67(59-31-15-27-51-49-25-13-23-47(63(49)69-65(51)59)43-19-5-3-6-20-43)57-39-35-45-34-38-54-58(40-36-46-33-37-53(57)61(45)62(46)54)68(56-30-12-10-18-42(56)2)60-32-16-28-52-50-26-14-24-48(64(50)70-66(52)60)44-21-7-4-8-22-44/h9-18,23-40,43-44H,3-8,19-22H2,1-2H3. The molecule has 2 saturated carbocycles. The minimum Gasteiger partial charge on any atom is -0.454 e. The van der Waals surface area contributed by atoms with Crippen LogP contribution in [0, 0.1) is 13.8 Å². The molecule has 0 bridgehead atoms. The Kier molecular flexibility index (Phi) is 9.79. The molecule has 70 heavy (non-hydrogen) atoms. The molecule has 2 fully saturated rings. The number of aryl methyl sites for hydroxylation is 2. The van der Waals surface area contributed by atoms with Gasteiger partial charge >= 0.3 is 0 Å². The summed E-state index contributed by atoms with van der Waals surface area (Å²) >= 11 is 0. The summed E-state index contributed by atoms with van der Waals surface area (Å²) in [5.41, 5.74) is 15.7. The number of furan rings is 2. The second-order valence-corrected chi connectivity index (χ2v) is 20.5. The van der Waals surface area contributed by atoms with Crippen molar-refractivity contribution < 1.29 is 8.83 Å². The van der Waals surface area contributed by atoms with Crippen LogP contribution < -0.4 is 9.80 Å². The summed E-state index contributed by atoms with van der Waals surface area (Å²) in [5, 5.41) is 12.1. The van der Waals surface area contributed by atoms with Crippen LogP contribution in [0.5, 0.6) is 0 Å². The zero-order valence-corrected chi connectivity index (χ0v) is 40.1. The van der Waals surface area contributed by atoms with Crippen molar-refractivity contribution in [2.24, 2.45) is 0 Å². The molecule has 2 aromatic heterocycles. The normalized spacial score (nSPS) is 15.2. The fraction of sp³-hybridized carbons (Fsp3) is 0.212. The maximum atomic E-state index is 7.22. The van der Waals surface area contributed by atoms with Crippen molar-refractivity contribution in [2.75, 3.05) is 9.80 Å². The summed E-state index contributed by atoms with van der Waals surface area (Å²) in [6, 6.07) is 63.3. The first-order valence-corrected chi connectivity index (χ1v) is 25.9. The molecule has 14 rings (SSSR count). The predicted octanol–water partition coefficient (Wildman–Crippen LogP) is 20.0. The molecule has 0 amide bonds. The van der Waals surface area contributed by atoms with Crippen LogP contribution in [0.15, 0.2) is 179 Å². The minimum absolute atomic E-state index is 0.531. The fourth-order valence-electron chi connectivity index (χ4n) is 13.0. The van der Waals surface area contributed by atoms with E-state index in [0.717, 1.165) is 67.2 Å². The van der Waals surface area contributed by atoms with Crippen LogP contribution in [0.1, 0.15) is 98.3 Å². The van der Waals surface area contributed by atoms with E-state index in [2.05, 4.69) is 194 Å². The van der Waals surface area contributed by atoms with Gasteiger partial charge < -0.3 is 18.6 Å². The number of hydrogen-bond donors (Lipinski definition) is 0. The van der Waals surface area contributed by atoms with Gasteiger partial charge in [0.25, 0.3) is 0 Å². The average Bonchev–Trinajstić information content (AvgIpc) is 4.00. The van der Waals surface area contributed by atoms with Crippen molar-refractivity contribution in [1.82, 2.24) is 0 Å². The van der Waals surface area contributed by atoms with E-state index in [1.54, 1.807) is 0 Å². The quantitative estimate of drug-likeness (QED) is 0.142. The molecular formula is C66H56N2O2. The monoisotopic (exact) mass is 908 g/mol. The molecule has 2 heterocycles. The molecule has 4 nitrogen and oxygen atoms in total. The Morgan fingerprint density at radius 2 is 0.686 bits per heavy atom. The number of anilines is 6. The predicted molar refractivity (Wildman–Crippen MR) is 295 cm³/mol. The van der Waals surface area contributed by atoms with Gasteiger partial charge in [-0.25, -0.2) is 0 Å². The highest BCUT2D eigenvalue weighted by Gasteiger charge is 2.29. The van der Waals surface area contributed by atoms with Crippen molar-refractivity contribution in [3.05, 3.63) is 192 Å². The van der Waals surface area contributed by atoms with E-state index in [9.17, 15) is 0 Å². The van der Waals surface area contributed by atoms with Gasteiger partial charge in [-0.05, 0) is 132 Å². The molecule has 0 N–H and O–H groups in total. The molecular weight excluding hydrogens is 853 g/mol. The minimum atomic E-state index is 0.531. The molecule has 2 aliphatic carbocycles. The summed E-state index contributed by atoms with van der Waals surface area (Å²) in [6.07, 6.45) is 12.7. The second kappa shape index (κ2) is 16.6. The summed E-state index contributed by atoms with van der Waals surface area (Å²) in [5.74, 6) is 1.06. The average molecular weight is 909 g/mol. The lowest BCUT2D eigenvalue weighted by Gasteiger charge is -2.30. The first-order chi connectivity index (χ1) is 34.6. The summed E-state index contributed by atoms with van der Waals surface area (Å²) in [6.45, 7) is 4.45. The van der Waals surface area contributed by atoms with Crippen LogP contribution in [0.25, 0.3) is 76.2 Å². The van der Waals surface area contributed by atoms with E-state index < -0.39 is 0 Å². The number of fused-ring (bicyclic) bond motifs is 6. The van der Waals surface area contributed by atoms with E-state index in [0.29, 0.717) is 11.8 Å². The van der Waals surface area contributed by atoms with E-state index in [1.165, 1.54) is 130 Å². The summed E-state index contributed by atoms with van der Waals surface area (Å²) < 4.78 is 14.4. The first kappa shape index (κ1) is 41.4. The Labute approximate surface area is 409 Å². The molecule has 0 unspecified atom stereocenters. The van der Waals surface area contributed by atoms with Crippen molar-refractivity contribution in [3.63, 3.8) is 0 Å². The smallest absolute Gasteiger partial charge is 0.159 e. The third-order valence-electron chi connectivity index (χ3n) is 16.5. The Morgan fingerprint density at radius 3 is 1.11 bits per heavy atom. The van der Waals surface area contributed by atoms with Gasteiger partial charge in [0.15, 0.2) is 11.2 Å². The van der Waals surface area contributed by atoms with Crippen LogP contribution in [-0.4, -0.2) is 0 Å². The number of nitrogens with zero attached hydrogens (tertiary/aromatic N) is 2. The Balaban J connectivity index is 0.996. The van der Waals surface area contributed by atoms with Crippen LogP contribution in [0.3, 0.4) is 0 Å². The van der Waals surface area contributed by atoms with E-state index in [1.807, 2.05) is 0 Å². The zero-order valence-electron chi connectivity index (χ0n) is 40.1. The molecule has 0 atom stereocenters. The zero-order chi connectivity index (χ0) is 46.5. The van der Waals surface area contributed by atoms with Gasteiger partial charge in [-0.1, -0.05) is 172 Å². The largest absolute Gasteiger partial charge is 0.454 e. The third kappa shape index (κ3) is 6.42. The fourth-order valence-corrected chi connectivity index (χ4v) is 13.0. The lowest BCUT2D eigenvalue weighted by Crippen LogP contribution is -2.13. The topological polar surface area (TPSA) is 32.8 Å². The molecule has 0 radical (unpaired) electrons. The maximum Gasteiger partial charge on any atom is 0.159 e. The van der Waals surface area contributed by atoms with Crippen molar-refractivity contribution >= 4 is 110 Å². The van der Waals surface area contributed by atoms with Gasteiger partial charge in [-0.15, -0.1) is 0 Å². The molecule has 4 heteroatoms. The highest BCUT2D eigenvalue weighted by atomic mass is 16.3. The Bertz CT molecular complexity index is 3710. The van der Waals surface area contributed by atoms with Gasteiger partial charge in [-0.2, -0.15) is 0 Å². The molecule has 0 saturated heterocycles. The van der Waals surface area contributed by atoms with Crippen molar-refractivity contribution in [1.29, 1.82) is 0 Å². The van der Waals surface area contributed by atoms with Gasteiger partial charge in [0.1, 0.15) is 11.2 Å². The SMILES string of the molecule is Cc1ccccc1N(c1ccc2ccc3c(N(c4ccccc4C)c4cccc5c4oc4c(C6CCCCC6)cccc45)ccc4ccc1c2c43)c1cccc2c1oc1c(C3CCCCC3)cccc12. The summed E-state index contributed by atoms with van der Waals surface area (Å²) in [7, 11) is 0. The number of para-hydroxylation sites is 6. The van der Waals surface area contributed by atoms with Crippen LogP contribution in [0.4, 0.5) is 34.1 Å². The van der Waals surface area contributed by atoms with Crippen LogP contribution >= 0.6 is 0 Å². The van der Waals surface area contributed by atoms with Crippen molar-refractivity contribution in [3.8, 4) is 0 Å². The highest BCUT2D eigenvalue weighted by molar-refractivity contribution is 6.29. The van der Waals surface area contributed by atoms with Crippen molar-refractivity contribution in [2.45, 2.75) is 89.9 Å². The molecule has 342 valence electrons. The maximum absolute atomic E-state index is 7.22. The summed E-state index contributed by atoms with van der Waals surface area (Å²) in [4.78, 5) is 4.94. The molecule has 0 spiro atoms. The Morgan fingerprint density at radius 1 is 0.314 bits per heavy atom. The number of rotatable bonds is 8. The van der Waals surface area contributed by atoms with Gasteiger partial charge in [0, 0.05) is 43.7 Å². The van der Waals surface area contributed by atoms with Crippen LogP contribution in [0.2, 0.25) is 0 Å². The number of hydrogen-bond acceptors (Lipinski definition) is 4. The highest BCUT2D eigenvalue weighted by Crippen LogP contribution is 2.52. The molecule has 10 aromatic carbocycles. The second-order valence-electron chi connectivity index (χ2n) is 20.5. The molecule has 12 aromatic rings. The lowest BCUT2D eigenvalue weighted by molar-refractivity contribution is 0.442. The lowest BCUT2D eigenvalue weighted by atomic mass is 9.83. The Hall–Kier alpha value is -7.56. The van der Waals surface area contributed by atoms with Gasteiger partial charge in [0.05, 0.1) is 22.7 Å². The van der Waals surface area contributed by atoms with E-state index in [-0.39, 0.29) is 0 Å². The van der Waals surface area contributed by atoms with E-state index >= 15 is 0 Å². The number of benzene rings is 10. The molecule has 2 aliphatic rings. The van der Waals surface area contributed by atoms with Gasteiger partial charge in [0.2, 0.25) is 0 Å². The van der Waals surface area contributed by atoms with Crippen LogP contribution in [-0.2, 0) is 0 Å². The van der Waals surface area contributed by atoms with Gasteiger partial charge in [-0.3, -0.25) is 0 Å². The first-order valence-electron chi connectivity index (χ1n) is 25.9.